The number of carbonyl (C=O) groups is 1. The van der Waals surface area contributed by atoms with E-state index in [0.717, 1.165) is 0 Å². The average Bonchev–Trinajstić information content (AvgIpc) is 1.82. The molecule has 1 heterocycles. The van der Waals surface area contributed by atoms with Gasteiger partial charge in [0, 0.05) is 5.41 Å². The number of allylic oxidation sites excluding steroid dienone is 1. The lowest BCUT2D eigenvalue weighted by atomic mass is 9.95. The van der Waals surface area contributed by atoms with Crippen LogP contribution in [-0.2, 0) is 14.3 Å². The summed E-state index contributed by atoms with van der Waals surface area (Å²) in [5.41, 5.74) is -0.175. The van der Waals surface area contributed by atoms with E-state index in [2.05, 4.69) is 0 Å². The molecule has 1 rings (SSSR count). The van der Waals surface area contributed by atoms with Crippen molar-refractivity contribution in [1.29, 1.82) is 0 Å². The average molecular weight is 170 g/mol. The topological polar surface area (TPSA) is 35.5 Å². The van der Waals surface area contributed by atoms with Gasteiger partial charge in [0.25, 0.3) is 0 Å². The lowest BCUT2D eigenvalue weighted by molar-refractivity contribution is -0.194. The Morgan fingerprint density at radius 2 is 1.92 bits per heavy atom. The van der Waals surface area contributed by atoms with Crippen LogP contribution in [0.2, 0.25) is 0 Å². The molecule has 1 aliphatic rings. The molecule has 0 amide bonds. The first-order valence-corrected chi connectivity index (χ1v) is 3.95. The van der Waals surface area contributed by atoms with E-state index in [1.54, 1.807) is 6.92 Å². The molecule has 0 N–H and O–H groups in total. The Balaban J connectivity index is 2.74. The summed E-state index contributed by atoms with van der Waals surface area (Å²) in [5, 5.41) is 0. The number of cyclic esters (lactones) is 1. The van der Waals surface area contributed by atoms with Gasteiger partial charge in [-0.3, -0.25) is 0 Å². The van der Waals surface area contributed by atoms with Crippen LogP contribution in [0, 0.1) is 5.41 Å². The van der Waals surface area contributed by atoms with Gasteiger partial charge < -0.3 is 9.47 Å². The van der Waals surface area contributed by atoms with Crippen LogP contribution >= 0.6 is 0 Å². The predicted octanol–water partition coefficient (Wildman–Crippen LogP) is 1.84. The lowest BCUT2D eigenvalue weighted by Crippen LogP contribution is -2.35. The number of hydrogen-bond acceptors (Lipinski definition) is 3. The maximum absolute atomic E-state index is 11.0. The fourth-order valence-electron chi connectivity index (χ4n) is 0.886. The molecule has 3 nitrogen and oxygen atoms in total. The van der Waals surface area contributed by atoms with Crippen molar-refractivity contribution in [3.8, 4) is 0 Å². The summed E-state index contributed by atoms with van der Waals surface area (Å²) >= 11 is 0. The molecule has 0 aromatic rings. The van der Waals surface area contributed by atoms with Crippen molar-refractivity contribution in [2.24, 2.45) is 5.41 Å². The Kier molecular flexibility index (Phi) is 2.13. The highest BCUT2D eigenvalue weighted by Gasteiger charge is 2.32. The minimum absolute atomic E-state index is 0.175. The Labute approximate surface area is 72.4 Å². The minimum Gasteiger partial charge on any atom is -0.459 e. The molecule has 0 fully saturated rings. The zero-order chi connectivity index (χ0) is 9.35. The maximum Gasteiger partial charge on any atom is 0.337 e. The van der Waals surface area contributed by atoms with E-state index in [9.17, 15) is 4.79 Å². The minimum atomic E-state index is -0.463. The molecule has 1 atom stereocenters. The number of rotatable bonds is 0. The van der Waals surface area contributed by atoms with Gasteiger partial charge in [-0.1, -0.05) is 20.8 Å². The van der Waals surface area contributed by atoms with Crippen LogP contribution < -0.4 is 0 Å². The third-order valence-electron chi connectivity index (χ3n) is 1.54. The molecule has 0 aromatic carbocycles. The lowest BCUT2D eigenvalue weighted by Gasteiger charge is -2.32. The van der Waals surface area contributed by atoms with Gasteiger partial charge >= 0.3 is 5.97 Å². The second-order valence-corrected chi connectivity index (χ2v) is 4.01. The van der Waals surface area contributed by atoms with E-state index in [1.807, 2.05) is 20.8 Å². The standard InChI is InChI=1S/C9H14O3/c1-6-5-7(10)12-8(11-6)9(2,3)4/h5,8H,1-4H3. The van der Waals surface area contributed by atoms with E-state index in [0.29, 0.717) is 5.76 Å². The smallest absolute Gasteiger partial charge is 0.337 e. The van der Waals surface area contributed by atoms with Crippen molar-refractivity contribution in [2.75, 3.05) is 0 Å². The molecule has 0 aromatic heterocycles. The van der Waals surface area contributed by atoms with Gasteiger partial charge in [0.2, 0.25) is 6.29 Å². The van der Waals surface area contributed by atoms with Gasteiger partial charge in [-0.2, -0.15) is 0 Å². The third-order valence-corrected chi connectivity index (χ3v) is 1.54. The summed E-state index contributed by atoms with van der Waals surface area (Å²) in [7, 11) is 0. The number of hydrogen-bond donors (Lipinski definition) is 0. The second kappa shape index (κ2) is 2.81. The van der Waals surface area contributed by atoms with Crippen LogP contribution in [0.5, 0.6) is 0 Å². The van der Waals surface area contributed by atoms with Gasteiger partial charge in [0.15, 0.2) is 0 Å². The summed E-state index contributed by atoms with van der Waals surface area (Å²) < 4.78 is 10.3. The normalized spacial score (nSPS) is 24.2. The molecule has 1 unspecified atom stereocenters. The van der Waals surface area contributed by atoms with Crippen molar-refractivity contribution in [3.63, 3.8) is 0 Å². The van der Waals surface area contributed by atoms with E-state index >= 15 is 0 Å². The highest BCUT2D eigenvalue weighted by Crippen LogP contribution is 2.27. The van der Waals surface area contributed by atoms with Crippen LogP contribution in [0.4, 0.5) is 0 Å². The predicted molar refractivity (Wildman–Crippen MR) is 44.2 cm³/mol. The fraction of sp³-hybridized carbons (Fsp3) is 0.667. The Hall–Kier alpha value is -0.990. The molecule has 68 valence electrons. The van der Waals surface area contributed by atoms with E-state index < -0.39 is 6.29 Å². The molecule has 0 spiro atoms. The van der Waals surface area contributed by atoms with Crippen molar-refractivity contribution in [2.45, 2.75) is 34.0 Å². The Morgan fingerprint density at radius 1 is 1.33 bits per heavy atom. The van der Waals surface area contributed by atoms with E-state index in [1.165, 1.54) is 6.08 Å². The molecule has 0 saturated heterocycles. The van der Waals surface area contributed by atoms with Gasteiger partial charge in [-0.05, 0) is 6.92 Å². The number of carbonyl (C=O) groups excluding carboxylic acids is 1. The SMILES string of the molecule is CC1=CC(=O)OC(C(C)(C)C)O1. The molecule has 0 aliphatic carbocycles. The summed E-state index contributed by atoms with van der Waals surface area (Å²) in [4.78, 5) is 11.0. The fourth-order valence-corrected chi connectivity index (χ4v) is 0.886. The summed E-state index contributed by atoms with van der Waals surface area (Å²) in [5.74, 6) is 0.296. The van der Waals surface area contributed by atoms with Crippen molar-refractivity contribution in [1.82, 2.24) is 0 Å². The van der Waals surface area contributed by atoms with Crippen LogP contribution in [-0.4, -0.2) is 12.3 Å². The maximum atomic E-state index is 11.0. The number of esters is 1. The summed E-state index contributed by atoms with van der Waals surface area (Å²) in [6.07, 6.45) is 0.886. The molecule has 3 heteroatoms. The first-order valence-electron chi connectivity index (χ1n) is 3.95. The highest BCUT2D eigenvalue weighted by molar-refractivity contribution is 5.83. The first kappa shape index (κ1) is 9.10. The van der Waals surface area contributed by atoms with Gasteiger partial charge in [-0.25, -0.2) is 4.79 Å². The molecule has 1 aliphatic heterocycles. The van der Waals surface area contributed by atoms with Crippen LogP contribution in [0.3, 0.4) is 0 Å². The van der Waals surface area contributed by atoms with Crippen molar-refractivity contribution < 1.29 is 14.3 Å². The van der Waals surface area contributed by atoms with E-state index in [-0.39, 0.29) is 11.4 Å². The van der Waals surface area contributed by atoms with Crippen LogP contribution in [0.15, 0.2) is 11.8 Å². The van der Waals surface area contributed by atoms with Crippen LogP contribution in [0.25, 0.3) is 0 Å². The molecule has 0 radical (unpaired) electrons. The summed E-state index contributed by atoms with van der Waals surface area (Å²) in [6.45, 7) is 7.63. The zero-order valence-electron chi connectivity index (χ0n) is 7.88. The van der Waals surface area contributed by atoms with E-state index in [4.69, 9.17) is 9.47 Å². The molecular formula is C9H14O3. The van der Waals surface area contributed by atoms with Gasteiger partial charge in [0.1, 0.15) is 5.76 Å². The Bertz CT molecular complexity index is 222. The third kappa shape index (κ3) is 2.00. The zero-order valence-corrected chi connectivity index (χ0v) is 7.88. The van der Waals surface area contributed by atoms with Crippen molar-refractivity contribution >= 4 is 5.97 Å². The van der Waals surface area contributed by atoms with Crippen LogP contribution in [0.1, 0.15) is 27.7 Å². The quantitative estimate of drug-likeness (QED) is 0.520. The molecular weight excluding hydrogens is 156 g/mol. The highest BCUT2D eigenvalue weighted by atomic mass is 16.7. The number of ether oxygens (including phenoxy) is 2. The van der Waals surface area contributed by atoms with Gasteiger partial charge in [0.05, 0.1) is 6.08 Å². The molecule has 0 bridgehead atoms. The van der Waals surface area contributed by atoms with Gasteiger partial charge in [-0.15, -0.1) is 0 Å². The Morgan fingerprint density at radius 3 is 2.33 bits per heavy atom. The largest absolute Gasteiger partial charge is 0.459 e. The second-order valence-electron chi connectivity index (χ2n) is 4.01. The monoisotopic (exact) mass is 170 g/mol. The molecule has 12 heavy (non-hydrogen) atoms. The molecule has 0 saturated carbocycles. The first-order chi connectivity index (χ1) is 5.39. The van der Waals surface area contributed by atoms with Crippen molar-refractivity contribution in [3.05, 3.63) is 11.8 Å². The summed E-state index contributed by atoms with van der Waals surface area (Å²) in [6, 6.07) is 0.